The Bertz CT molecular complexity index is 1080. The number of anilines is 1. The first-order valence-electron chi connectivity index (χ1n) is 7.97. The lowest BCUT2D eigenvalue weighted by Crippen LogP contribution is -2.26. The number of hydrogen-bond donors (Lipinski definition) is 1. The topological polar surface area (TPSA) is 87.8 Å². The Morgan fingerprint density at radius 3 is 2.54 bits per heavy atom. The summed E-state index contributed by atoms with van der Waals surface area (Å²) in [5.74, 6) is -0.617. The van der Waals surface area contributed by atoms with Crippen LogP contribution >= 0.6 is 0 Å². The van der Waals surface area contributed by atoms with Crippen LogP contribution in [0.1, 0.15) is 27.3 Å². The molecule has 0 aliphatic carbocycles. The van der Waals surface area contributed by atoms with E-state index in [9.17, 15) is 9.59 Å². The van der Waals surface area contributed by atoms with Crippen LogP contribution in [0.3, 0.4) is 0 Å². The van der Waals surface area contributed by atoms with E-state index < -0.39 is 11.3 Å². The van der Waals surface area contributed by atoms with Gasteiger partial charge in [0.05, 0.1) is 17.3 Å². The molecule has 3 aromatic rings. The van der Waals surface area contributed by atoms with Crippen molar-refractivity contribution in [2.75, 3.05) is 5.32 Å². The van der Waals surface area contributed by atoms with Crippen molar-refractivity contribution in [1.29, 1.82) is 5.26 Å². The standard InChI is InChI=1S/C20H16N4O2/c1-13-8-15(12-21)11-16(9-13)22-20(26)19-18(25)10-14(2)24(23-19)17-6-4-3-5-7-17/h3-11H,1-2H3,(H,22,26). The van der Waals surface area contributed by atoms with E-state index >= 15 is 0 Å². The van der Waals surface area contributed by atoms with E-state index in [4.69, 9.17) is 5.26 Å². The summed E-state index contributed by atoms with van der Waals surface area (Å²) >= 11 is 0. The molecule has 1 amide bonds. The van der Waals surface area contributed by atoms with Crippen molar-refractivity contribution >= 4 is 11.6 Å². The maximum atomic E-state index is 12.6. The number of nitriles is 1. The van der Waals surface area contributed by atoms with Gasteiger partial charge in [0.15, 0.2) is 5.69 Å². The van der Waals surface area contributed by atoms with E-state index in [-0.39, 0.29) is 5.69 Å². The molecule has 26 heavy (non-hydrogen) atoms. The molecule has 3 rings (SSSR count). The number of para-hydroxylation sites is 1. The fourth-order valence-electron chi connectivity index (χ4n) is 2.65. The largest absolute Gasteiger partial charge is 0.320 e. The summed E-state index contributed by atoms with van der Waals surface area (Å²) in [5, 5.41) is 15.9. The summed E-state index contributed by atoms with van der Waals surface area (Å²) in [6, 6.07) is 17.7. The normalized spacial score (nSPS) is 10.2. The third-order valence-electron chi connectivity index (χ3n) is 3.79. The van der Waals surface area contributed by atoms with E-state index in [1.165, 1.54) is 6.07 Å². The smallest absolute Gasteiger partial charge is 0.280 e. The molecule has 0 bridgehead atoms. The SMILES string of the molecule is Cc1cc(C#N)cc(NC(=O)c2nn(-c3ccccc3)c(C)cc2=O)c1. The number of nitrogens with one attached hydrogen (secondary N) is 1. The van der Waals surface area contributed by atoms with Gasteiger partial charge in [-0.1, -0.05) is 18.2 Å². The minimum atomic E-state index is -0.617. The van der Waals surface area contributed by atoms with E-state index in [2.05, 4.69) is 10.4 Å². The second-order valence-corrected chi connectivity index (χ2v) is 5.90. The molecular formula is C20H16N4O2. The molecule has 6 nitrogen and oxygen atoms in total. The predicted octanol–water partition coefficient (Wildman–Crippen LogP) is 2.97. The van der Waals surface area contributed by atoms with Gasteiger partial charge in [0.25, 0.3) is 5.91 Å². The van der Waals surface area contributed by atoms with Gasteiger partial charge in [0, 0.05) is 17.4 Å². The number of nitrogens with zero attached hydrogens (tertiary/aromatic N) is 3. The van der Waals surface area contributed by atoms with Gasteiger partial charge in [-0.15, -0.1) is 0 Å². The van der Waals surface area contributed by atoms with Crippen LogP contribution in [-0.2, 0) is 0 Å². The Labute approximate surface area is 150 Å². The van der Waals surface area contributed by atoms with Crippen LogP contribution in [0.2, 0.25) is 0 Å². The number of amides is 1. The van der Waals surface area contributed by atoms with Crippen molar-refractivity contribution < 1.29 is 4.79 Å². The van der Waals surface area contributed by atoms with Crippen LogP contribution in [0.4, 0.5) is 5.69 Å². The molecule has 0 aliphatic heterocycles. The molecule has 1 heterocycles. The van der Waals surface area contributed by atoms with Gasteiger partial charge in [-0.3, -0.25) is 9.59 Å². The van der Waals surface area contributed by atoms with Gasteiger partial charge in [0.1, 0.15) is 0 Å². The van der Waals surface area contributed by atoms with Crippen molar-refractivity contribution in [2.24, 2.45) is 0 Å². The first kappa shape index (κ1) is 17.1. The van der Waals surface area contributed by atoms with Crippen molar-refractivity contribution in [3.8, 4) is 11.8 Å². The van der Waals surface area contributed by atoms with E-state index in [0.717, 1.165) is 11.3 Å². The second-order valence-electron chi connectivity index (χ2n) is 5.90. The van der Waals surface area contributed by atoms with Gasteiger partial charge >= 0.3 is 0 Å². The summed E-state index contributed by atoms with van der Waals surface area (Å²) in [7, 11) is 0. The number of aryl methyl sites for hydroxylation is 2. The Hall–Kier alpha value is -3.72. The molecule has 0 atom stereocenters. The molecule has 1 aromatic heterocycles. The maximum absolute atomic E-state index is 12.6. The molecule has 0 saturated carbocycles. The maximum Gasteiger partial charge on any atom is 0.280 e. The Balaban J connectivity index is 1.99. The van der Waals surface area contributed by atoms with E-state index in [1.54, 1.807) is 29.8 Å². The predicted molar refractivity (Wildman–Crippen MR) is 98.4 cm³/mol. The van der Waals surface area contributed by atoms with Crippen LogP contribution < -0.4 is 10.7 Å². The zero-order valence-corrected chi connectivity index (χ0v) is 14.4. The Kier molecular flexibility index (Phi) is 4.63. The zero-order chi connectivity index (χ0) is 18.7. The van der Waals surface area contributed by atoms with E-state index in [1.807, 2.05) is 43.3 Å². The van der Waals surface area contributed by atoms with Crippen LogP contribution in [0, 0.1) is 25.2 Å². The van der Waals surface area contributed by atoms with Crippen molar-refractivity contribution in [1.82, 2.24) is 9.78 Å². The molecule has 2 aromatic carbocycles. The number of carbonyl (C=O) groups excluding carboxylic acids is 1. The van der Waals surface area contributed by atoms with Gasteiger partial charge in [-0.25, -0.2) is 4.68 Å². The minimum absolute atomic E-state index is 0.209. The quantitative estimate of drug-likeness (QED) is 0.791. The first-order chi connectivity index (χ1) is 12.5. The Morgan fingerprint density at radius 2 is 1.85 bits per heavy atom. The van der Waals surface area contributed by atoms with Crippen molar-refractivity contribution in [3.63, 3.8) is 0 Å². The summed E-state index contributed by atoms with van der Waals surface area (Å²) in [6.45, 7) is 3.58. The lowest BCUT2D eigenvalue weighted by molar-refractivity contribution is 0.101. The lowest BCUT2D eigenvalue weighted by Gasteiger charge is -2.11. The zero-order valence-electron chi connectivity index (χ0n) is 14.4. The molecule has 0 fully saturated rings. The van der Waals surface area contributed by atoms with Crippen LogP contribution in [0.5, 0.6) is 0 Å². The highest BCUT2D eigenvalue weighted by Gasteiger charge is 2.16. The van der Waals surface area contributed by atoms with Crippen molar-refractivity contribution in [3.05, 3.63) is 87.3 Å². The second kappa shape index (κ2) is 7.03. The molecule has 0 spiro atoms. The van der Waals surface area contributed by atoms with Gasteiger partial charge in [-0.05, 0) is 49.7 Å². The average molecular weight is 344 g/mol. The Morgan fingerprint density at radius 1 is 1.12 bits per heavy atom. The fraction of sp³-hybridized carbons (Fsp3) is 0.100. The molecule has 0 radical (unpaired) electrons. The van der Waals surface area contributed by atoms with Crippen LogP contribution in [0.25, 0.3) is 5.69 Å². The summed E-state index contributed by atoms with van der Waals surface area (Å²) in [6.07, 6.45) is 0. The molecule has 0 saturated heterocycles. The average Bonchev–Trinajstić information content (AvgIpc) is 2.61. The van der Waals surface area contributed by atoms with Gasteiger partial charge < -0.3 is 5.32 Å². The summed E-state index contributed by atoms with van der Waals surface area (Å²) in [4.78, 5) is 24.8. The lowest BCUT2D eigenvalue weighted by atomic mass is 10.1. The van der Waals surface area contributed by atoms with Crippen LogP contribution in [0.15, 0.2) is 59.4 Å². The number of rotatable bonds is 3. The number of carbonyl (C=O) groups is 1. The third-order valence-corrected chi connectivity index (χ3v) is 3.79. The summed E-state index contributed by atoms with van der Waals surface area (Å²) in [5.41, 5.74) is 2.41. The molecule has 1 N–H and O–H groups in total. The molecular weight excluding hydrogens is 328 g/mol. The molecule has 6 heteroatoms. The molecule has 0 aliphatic rings. The van der Waals surface area contributed by atoms with Crippen LogP contribution in [-0.4, -0.2) is 15.7 Å². The number of benzene rings is 2. The first-order valence-corrected chi connectivity index (χ1v) is 7.97. The number of hydrogen-bond acceptors (Lipinski definition) is 4. The molecule has 128 valence electrons. The highest BCUT2D eigenvalue weighted by atomic mass is 16.2. The third kappa shape index (κ3) is 3.52. The van der Waals surface area contributed by atoms with Gasteiger partial charge in [-0.2, -0.15) is 10.4 Å². The van der Waals surface area contributed by atoms with Crippen molar-refractivity contribution in [2.45, 2.75) is 13.8 Å². The monoisotopic (exact) mass is 344 g/mol. The molecule has 0 unspecified atom stereocenters. The highest BCUT2D eigenvalue weighted by molar-refractivity contribution is 6.02. The minimum Gasteiger partial charge on any atom is -0.320 e. The van der Waals surface area contributed by atoms with Gasteiger partial charge in [0.2, 0.25) is 5.43 Å². The highest BCUT2D eigenvalue weighted by Crippen LogP contribution is 2.15. The fourth-order valence-corrected chi connectivity index (χ4v) is 2.65. The van der Waals surface area contributed by atoms with E-state index in [0.29, 0.717) is 16.9 Å². The summed E-state index contributed by atoms with van der Waals surface area (Å²) < 4.78 is 1.55. The number of aromatic nitrogens is 2.